The summed E-state index contributed by atoms with van der Waals surface area (Å²) in [6.07, 6.45) is 3.33. The number of benzene rings is 2. The Balaban J connectivity index is 1.99. The molecule has 0 aliphatic rings. The fraction of sp³-hybridized carbons (Fsp3) is 0.240. The van der Waals surface area contributed by atoms with E-state index in [1.54, 1.807) is 37.5 Å². The number of nitrogen functional groups attached to an aromatic ring is 1. The van der Waals surface area contributed by atoms with Gasteiger partial charge in [-0.15, -0.1) is 0 Å². The lowest BCUT2D eigenvalue weighted by Crippen LogP contribution is -2.23. The van der Waals surface area contributed by atoms with Crippen LogP contribution in [0.2, 0.25) is 0 Å². The number of carbonyl (C=O) groups excluding carboxylic acids is 1. The zero-order valence-electron chi connectivity index (χ0n) is 19.0. The molecule has 4 rings (SSSR count). The summed E-state index contributed by atoms with van der Waals surface area (Å²) >= 11 is 0. The molecule has 0 saturated heterocycles. The second-order valence-electron chi connectivity index (χ2n) is 8.57. The van der Waals surface area contributed by atoms with E-state index in [1.165, 1.54) is 0 Å². The molecule has 0 aliphatic heterocycles. The van der Waals surface area contributed by atoms with Gasteiger partial charge in [0.15, 0.2) is 0 Å². The van der Waals surface area contributed by atoms with Crippen molar-refractivity contribution in [3.8, 4) is 28.6 Å². The van der Waals surface area contributed by atoms with Crippen molar-refractivity contribution in [1.29, 1.82) is 5.26 Å². The van der Waals surface area contributed by atoms with Crippen molar-refractivity contribution in [2.75, 3.05) is 12.3 Å². The van der Waals surface area contributed by atoms with Gasteiger partial charge >= 0.3 is 5.97 Å². The van der Waals surface area contributed by atoms with Crippen LogP contribution in [0.15, 0.2) is 48.8 Å². The molecular formula is C25H24N6O2. The van der Waals surface area contributed by atoms with Gasteiger partial charge in [-0.2, -0.15) is 5.26 Å². The van der Waals surface area contributed by atoms with Crippen molar-refractivity contribution in [3.05, 3.63) is 59.9 Å². The van der Waals surface area contributed by atoms with Crippen molar-refractivity contribution < 1.29 is 9.53 Å². The smallest absolute Gasteiger partial charge is 0.338 e. The second-order valence-corrected chi connectivity index (χ2v) is 8.57. The predicted octanol–water partition coefficient (Wildman–Crippen LogP) is 4.55. The highest BCUT2D eigenvalue weighted by Gasteiger charge is 2.26. The number of nitrogens with zero attached hydrogens (tertiary/aromatic N) is 5. The zero-order valence-corrected chi connectivity index (χ0v) is 19.0. The van der Waals surface area contributed by atoms with Gasteiger partial charge in [0, 0.05) is 29.1 Å². The summed E-state index contributed by atoms with van der Waals surface area (Å²) in [7, 11) is 0. The monoisotopic (exact) mass is 440 g/mol. The standard InChI is InChI=1S/C25H24N6O2/c1-5-33-23(32)18-8-6-15(12-26)10-19(18)22-30-20-11-16(17-13-28-24(27)29-14-17)7-9-21(20)31(22)25(2,3)4/h6-11,13-14H,5H2,1-4H3,(H2,27,28,29). The fourth-order valence-corrected chi connectivity index (χ4v) is 3.79. The molecule has 0 atom stereocenters. The maximum atomic E-state index is 12.7. The lowest BCUT2D eigenvalue weighted by molar-refractivity contribution is 0.0527. The highest BCUT2D eigenvalue weighted by atomic mass is 16.5. The normalized spacial score (nSPS) is 11.4. The molecule has 2 aromatic carbocycles. The average molecular weight is 441 g/mol. The third-order valence-electron chi connectivity index (χ3n) is 5.22. The first-order valence-corrected chi connectivity index (χ1v) is 10.6. The average Bonchev–Trinajstić information content (AvgIpc) is 3.18. The molecule has 2 aromatic heterocycles. The molecule has 0 saturated carbocycles. The molecule has 0 amide bonds. The van der Waals surface area contributed by atoms with Gasteiger partial charge in [0.1, 0.15) is 5.82 Å². The molecule has 0 spiro atoms. The quantitative estimate of drug-likeness (QED) is 0.462. The van der Waals surface area contributed by atoms with Crippen LogP contribution in [0.4, 0.5) is 5.95 Å². The van der Waals surface area contributed by atoms with Gasteiger partial charge in [0.25, 0.3) is 0 Å². The SMILES string of the molecule is CCOC(=O)c1ccc(C#N)cc1-c1nc2cc(-c3cnc(N)nc3)ccc2n1C(C)(C)C. The molecule has 2 N–H and O–H groups in total. The van der Waals surface area contributed by atoms with E-state index in [0.29, 0.717) is 22.5 Å². The van der Waals surface area contributed by atoms with E-state index < -0.39 is 5.97 Å². The maximum Gasteiger partial charge on any atom is 0.338 e. The molecule has 33 heavy (non-hydrogen) atoms. The third-order valence-corrected chi connectivity index (χ3v) is 5.22. The number of hydrogen-bond acceptors (Lipinski definition) is 7. The van der Waals surface area contributed by atoms with E-state index in [1.807, 2.05) is 18.2 Å². The molecule has 0 radical (unpaired) electrons. The molecule has 0 aliphatic carbocycles. The Hall–Kier alpha value is -4.25. The van der Waals surface area contributed by atoms with E-state index in [0.717, 1.165) is 22.2 Å². The highest BCUT2D eigenvalue weighted by Crippen LogP contribution is 2.35. The summed E-state index contributed by atoms with van der Waals surface area (Å²) < 4.78 is 7.34. The van der Waals surface area contributed by atoms with Crippen LogP contribution >= 0.6 is 0 Å². The molecule has 2 heterocycles. The summed E-state index contributed by atoms with van der Waals surface area (Å²) in [5, 5.41) is 9.48. The molecule has 0 fully saturated rings. The van der Waals surface area contributed by atoms with Gasteiger partial charge in [0.05, 0.1) is 34.8 Å². The van der Waals surface area contributed by atoms with Crippen molar-refractivity contribution in [3.63, 3.8) is 0 Å². The number of nitriles is 1. The van der Waals surface area contributed by atoms with Crippen molar-refractivity contribution in [2.24, 2.45) is 0 Å². The number of esters is 1. The van der Waals surface area contributed by atoms with E-state index >= 15 is 0 Å². The molecule has 0 bridgehead atoms. The van der Waals surface area contributed by atoms with Crippen LogP contribution in [0.5, 0.6) is 0 Å². The number of hydrogen-bond donors (Lipinski definition) is 1. The van der Waals surface area contributed by atoms with Crippen LogP contribution in [0.1, 0.15) is 43.6 Å². The van der Waals surface area contributed by atoms with Gasteiger partial charge in [-0.1, -0.05) is 6.07 Å². The van der Waals surface area contributed by atoms with Crippen LogP contribution < -0.4 is 5.73 Å². The van der Waals surface area contributed by atoms with Crippen molar-refractivity contribution >= 4 is 23.0 Å². The number of fused-ring (bicyclic) bond motifs is 1. The lowest BCUT2D eigenvalue weighted by atomic mass is 10.0. The summed E-state index contributed by atoms with van der Waals surface area (Å²) in [6, 6.07) is 13.0. The molecule has 0 unspecified atom stereocenters. The number of rotatable bonds is 4. The van der Waals surface area contributed by atoms with E-state index in [9.17, 15) is 10.1 Å². The number of imidazole rings is 1. The summed E-state index contributed by atoms with van der Waals surface area (Å²) in [5.74, 6) is 0.343. The van der Waals surface area contributed by atoms with E-state index in [-0.39, 0.29) is 18.1 Å². The largest absolute Gasteiger partial charge is 0.462 e. The molecule has 166 valence electrons. The van der Waals surface area contributed by atoms with Crippen LogP contribution in [-0.4, -0.2) is 32.1 Å². The van der Waals surface area contributed by atoms with Crippen LogP contribution in [0.25, 0.3) is 33.5 Å². The Morgan fingerprint density at radius 2 is 1.85 bits per heavy atom. The highest BCUT2D eigenvalue weighted by molar-refractivity contribution is 5.98. The maximum absolute atomic E-state index is 12.7. The van der Waals surface area contributed by atoms with Crippen LogP contribution in [-0.2, 0) is 10.3 Å². The summed E-state index contributed by atoms with van der Waals surface area (Å²) in [4.78, 5) is 25.8. The Morgan fingerprint density at radius 3 is 2.48 bits per heavy atom. The Bertz CT molecular complexity index is 1390. The van der Waals surface area contributed by atoms with Crippen molar-refractivity contribution in [1.82, 2.24) is 19.5 Å². The Morgan fingerprint density at radius 1 is 1.12 bits per heavy atom. The second kappa shape index (κ2) is 8.36. The molecule has 8 heteroatoms. The van der Waals surface area contributed by atoms with Gasteiger partial charge in [0.2, 0.25) is 5.95 Å². The van der Waals surface area contributed by atoms with Crippen LogP contribution in [0.3, 0.4) is 0 Å². The first kappa shape index (κ1) is 22.0. The number of aromatic nitrogens is 4. The molecular weight excluding hydrogens is 416 g/mol. The number of nitrogens with two attached hydrogens (primary N) is 1. The zero-order chi connectivity index (χ0) is 23.8. The first-order chi connectivity index (χ1) is 15.7. The van der Waals surface area contributed by atoms with Gasteiger partial charge in [-0.25, -0.2) is 19.7 Å². The summed E-state index contributed by atoms with van der Waals surface area (Å²) in [6.45, 7) is 8.21. The van der Waals surface area contributed by atoms with Crippen molar-refractivity contribution in [2.45, 2.75) is 33.2 Å². The lowest BCUT2D eigenvalue weighted by Gasteiger charge is -2.25. The van der Waals surface area contributed by atoms with Gasteiger partial charge < -0.3 is 15.0 Å². The van der Waals surface area contributed by atoms with Gasteiger partial charge in [-0.05, 0) is 63.6 Å². The minimum Gasteiger partial charge on any atom is -0.462 e. The molecule has 4 aromatic rings. The topological polar surface area (TPSA) is 120 Å². The van der Waals surface area contributed by atoms with Crippen LogP contribution in [0, 0.1) is 11.3 Å². The van der Waals surface area contributed by atoms with E-state index in [2.05, 4.69) is 41.4 Å². The number of carbonyl (C=O) groups is 1. The first-order valence-electron chi connectivity index (χ1n) is 10.6. The summed E-state index contributed by atoms with van der Waals surface area (Å²) in [5.41, 5.74) is 9.96. The Labute approximate surface area is 191 Å². The number of anilines is 1. The number of ether oxygens (including phenoxy) is 1. The minimum absolute atomic E-state index is 0.211. The fourth-order valence-electron chi connectivity index (χ4n) is 3.79. The van der Waals surface area contributed by atoms with E-state index in [4.69, 9.17) is 15.5 Å². The Kier molecular flexibility index (Phi) is 5.56. The minimum atomic E-state index is -0.454. The van der Waals surface area contributed by atoms with Gasteiger partial charge in [-0.3, -0.25) is 0 Å². The third kappa shape index (κ3) is 4.13. The predicted molar refractivity (Wildman–Crippen MR) is 126 cm³/mol. The molecule has 8 nitrogen and oxygen atoms in total.